The Bertz CT molecular complexity index is 528. The maximum Gasteiger partial charge on any atom is 0.223 e. The van der Waals surface area contributed by atoms with Crippen LogP contribution in [0.25, 0.3) is 11.3 Å². The van der Waals surface area contributed by atoms with E-state index in [9.17, 15) is 0 Å². The average molecular weight is 246 g/mol. The van der Waals surface area contributed by atoms with Gasteiger partial charge in [0, 0.05) is 13.2 Å². The summed E-state index contributed by atoms with van der Waals surface area (Å²) in [7, 11) is 1.84. The summed E-state index contributed by atoms with van der Waals surface area (Å²) in [5.74, 6) is 0.605. The van der Waals surface area contributed by atoms with Gasteiger partial charge in [-0.15, -0.1) is 5.10 Å². The highest BCUT2D eigenvalue weighted by Crippen LogP contribution is 2.27. The lowest BCUT2D eigenvalue weighted by Gasteiger charge is -2.19. The fourth-order valence-corrected chi connectivity index (χ4v) is 1.46. The molecule has 0 aromatic carbocycles. The van der Waals surface area contributed by atoms with Crippen LogP contribution in [0.2, 0.25) is 0 Å². The summed E-state index contributed by atoms with van der Waals surface area (Å²) in [6.45, 7) is 6.98. The van der Waals surface area contributed by atoms with E-state index in [0.717, 1.165) is 11.3 Å². The molecule has 0 aliphatic carbocycles. The van der Waals surface area contributed by atoms with Gasteiger partial charge in [0.2, 0.25) is 5.88 Å². The molecular formula is C13H18N4O. The second-order valence-electron chi connectivity index (χ2n) is 5.48. The smallest absolute Gasteiger partial charge is 0.223 e. The van der Waals surface area contributed by atoms with E-state index in [1.807, 2.05) is 25.4 Å². The number of pyridine rings is 1. The second-order valence-corrected chi connectivity index (χ2v) is 5.48. The molecule has 0 aliphatic rings. The van der Waals surface area contributed by atoms with E-state index in [1.165, 1.54) is 0 Å². The molecule has 0 atom stereocenters. The molecule has 0 saturated carbocycles. The third-order valence-electron chi connectivity index (χ3n) is 2.29. The largest absolute Gasteiger partial charge is 0.477 e. The van der Waals surface area contributed by atoms with Crippen LogP contribution in [0.1, 0.15) is 20.8 Å². The van der Waals surface area contributed by atoms with Gasteiger partial charge in [-0.1, -0.05) is 26.0 Å². The summed E-state index contributed by atoms with van der Waals surface area (Å²) >= 11 is 0. The quantitative estimate of drug-likeness (QED) is 0.834. The Labute approximate surface area is 107 Å². The summed E-state index contributed by atoms with van der Waals surface area (Å²) in [5, 5.41) is 8.01. The molecule has 0 aliphatic heterocycles. The minimum absolute atomic E-state index is 0.0944. The van der Waals surface area contributed by atoms with Crippen LogP contribution in [0.3, 0.4) is 0 Å². The van der Waals surface area contributed by atoms with E-state index in [2.05, 4.69) is 36.1 Å². The van der Waals surface area contributed by atoms with Gasteiger partial charge >= 0.3 is 0 Å². The van der Waals surface area contributed by atoms with Crippen LogP contribution in [0, 0.1) is 5.41 Å². The van der Waals surface area contributed by atoms with Crippen LogP contribution in [-0.2, 0) is 7.05 Å². The Kier molecular flexibility index (Phi) is 3.32. The molecule has 0 unspecified atom stereocenters. The molecule has 5 nitrogen and oxygen atoms in total. The molecule has 0 N–H and O–H groups in total. The van der Waals surface area contributed by atoms with Gasteiger partial charge in [-0.3, -0.25) is 4.68 Å². The van der Waals surface area contributed by atoms with E-state index in [4.69, 9.17) is 4.74 Å². The van der Waals surface area contributed by atoms with E-state index in [-0.39, 0.29) is 5.41 Å². The molecule has 0 saturated heterocycles. The van der Waals surface area contributed by atoms with E-state index in [1.54, 1.807) is 10.9 Å². The van der Waals surface area contributed by atoms with Crippen molar-refractivity contribution in [2.75, 3.05) is 6.61 Å². The third-order valence-corrected chi connectivity index (χ3v) is 2.29. The van der Waals surface area contributed by atoms with Gasteiger partial charge < -0.3 is 4.74 Å². The summed E-state index contributed by atoms with van der Waals surface area (Å²) in [4.78, 5) is 4.27. The Hall–Kier alpha value is -1.91. The molecule has 5 heteroatoms. The first-order valence-electron chi connectivity index (χ1n) is 5.90. The molecule has 2 rings (SSSR count). The van der Waals surface area contributed by atoms with Crippen molar-refractivity contribution in [1.29, 1.82) is 0 Å². The first-order valence-corrected chi connectivity index (χ1v) is 5.90. The van der Waals surface area contributed by atoms with Gasteiger partial charge in [0.15, 0.2) is 0 Å². The Balaban J connectivity index is 2.26. The lowest BCUT2D eigenvalue weighted by Crippen LogP contribution is -2.17. The Morgan fingerprint density at radius 1 is 1.33 bits per heavy atom. The number of hydrogen-bond donors (Lipinski definition) is 0. The van der Waals surface area contributed by atoms with Gasteiger partial charge in [0.1, 0.15) is 5.69 Å². The first kappa shape index (κ1) is 12.5. The van der Waals surface area contributed by atoms with Crippen LogP contribution in [-0.4, -0.2) is 26.6 Å². The molecule has 2 aromatic rings. The van der Waals surface area contributed by atoms with Crippen molar-refractivity contribution in [2.45, 2.75) is 20.8 Å². The molecule has 0 bridgehead atoms. The van der Waals surface area contributed by atoms with Gasteiger partial charge in [-0.05, 0) is 17.5 Å². The zero-order valence-corrected chi connectivity index (χ0v) is 11.2. The van der Waals surface area contributed by atoms with Crippen molar-refractivity contribution in [2.24, 2.45) is 12.5 Å². The van der Waals surface area contributed by atoms with Crippen molar-refractivity contribution in [3.63, 3.8) is 0 Å². The van der Waals surface area contributed by atoms with E-state index in [0.29, 0.717) is 12.5 Å². The predicted octanol–water partition coefficient (Wildman–Crippen LogP) is 2.30. The lowest BCUT2D eigenvalue weighted by atomic mass is 9.99. The molecule has 0 radical (unpaired) electrons. The van der Waals surface area contributed by atoms with Crippen LogP contribution in [0.5, 0.6) is 5.88 Å². The summed E-state index contributed by atoms with van der Waals surface area (Å²) < 4.78 is 7.44. The molecule has 0 spiro atoms. The average Bonchev–Trinajstić information content (AvgIpc) is 2.72. The van der Waals surface area contributed by atoms with Crippen molar-refractivity contribution < 1.29 is 4.74 Å². The first-order chi connectivity index (χ1) is 8.46. The standard InChI is InChI=1S/C13H18N4O/c1-13(2,3)9-18-12-10(6-5-7-14-12)11-8-17(4)16-15-11/h5-8H,9H2,1-4H3. The topological polar surface area (TPSA) is 52.8 Å². The summed E-state index contributed by atoms with van der Waals surface area (Å²) in [6.07, 6.45) is 3.57. The van der Waals surface area contributed by atoms with Gasteiger partial charge in [-0.2, -0.15) is 0 Å². The normalized spacial score (nSPS) is 11.6. The number of ether oxygens (including phenoxy) is 1. The lowest BCUT2D eigenvalue weighted by molar-refractivity contribution is 0.192. The Morgan fingerprint density at radius 2 is 2.11 bits per heavy atom. The van der Waals surface area contributed by atoms with E-state index >= 15 is 0 Å². The molecule has 2 aromatic heterocycles. The molecule has 96 valence electrons. The monoisotopic (exact) mass is 246 g/mol. The molecular weight excluding hydrogens is 228 g/mol. The number of aryl methyl sites for hydroxylation is 1. The number of hydrogen-bond acceptors (Lipinski definition) is 4. The SMILES string of the molecule is Cn1cc(-c2cccnc2OCC(C)(C)C)nn1. The zero-order valence-electron chi connectivity index (χ0n) is 11.2. The van der Waals surface area contributed by atoms with Crippen LogP contribution in [0.15, 0.2) is 24.5 Å². The second kappa shape index (κ2) is 4.76. The van der Waals surface area contributed by atoms with Crippen molar-refractivity contribution >= 4 is 0 Å². The van der Waals surface area contributed by atoms with Crippen LogP contribution >= 0.6 is 0 Å². The van der Waals surface area contributed by atoms with E-state index < -0.39 is 0 Å². The third kappa shape index (κ3) is 3.06. The Morgan fingerprint density at radius 3 is 2.72 bits per heavy atom. The maximum atomic E-state index is 5.78. The molecule has 0 fully saturated rings. The summed E-state index contributed by atoms with van der Waals surface area (Å²) in [6, 6.07) is 3.81. The highest BCUT2D eigenvalue weighted by molar-refractivity contribution is 5.63. The van der Waals surface area contributed by atoms with Crippen LogP contribution in [0.4, 0.5) is 0 Å². The van der Waals surface area contributed by atoms with Crippen molar-refractivity contribution in [3.8, 4) is 17.1 Å². The molecule has 0 amide bonds. The van der Waals surface area contributed by atoms with Crippen molar-refractivity contribution in [3.05, 3.63) is 24.5 Å². The number of nitrogens with zero attached hydrogens (tertiary/aromatic N) is 4. The zero-order chi connectivity index (χ0) is 13.2. The summed E-state index contributed by atoms with van der Waals surface area (Å²) in [5.41, 5.74) is 1.74. The fourth-order valence-electron chi connectivity index (χ4n) is 1.46. The minimum atomic E-state index is 0.0944. The highest BCUT2D eigenvalue weighted by Gasteiger charge is 2.15. The number of aromatic nitrogens is 4. The maximum absolute atomic E-state index is 5.78. The van der Waals surface area contributed by atoms with Crippen LogP contribution < -0.4 is 4.74 Å². The number of rotatable bonds is 3. The van der Waals surface area contributed by atoms with Gasteiger partial charge in [-0.25, -0.2) is 4.98 Å². The van der Waals surface area contributed by atoms with Gasteiger partial charge in [0.25, 0.3) is 0 Å². The highest BCUT2D eigenvalue weighted by atomic mass is 16.5. The van der Waals surface area contributed by atoms with Crippen molar-refractivity contribution in [1.82, 2.24) is 20.0 Å². The predicted molar refractivity (Wildman–Crippen MR) is 69.2 cm³/mol. The van der Waals surface area contributed by atoms with Gasteiger partial charge in [0.05, 0.1) is 18.4 Å². The minimum Gasteiger partial charge on any atom is -0.477 e. The molecule has 2 heterocycles. The fraction of sp³-hybridized carbons (Fsp3) is 0.462. The molecule has 18 heavy (non-hydrogen) atoms.